The lowest BCUT2D eigenvalue weighted by Gasteiger charge is -2.20. The first kappa shape index (κ1) is 19.1. The van der Waals surface area contributed by atoms with Crippen molar-refractivity contribution in [3.63, 3.8) is 0 Å². The fourth-order valence-corrected chi connectivity index (χ4v) is 3.49. The maximum atomic E-state index is 13.0. The second-order valence-electron chi connectivity index (χ2n) is 7.15. The van der Waals surface area contributed by atoms with Gasteiger partial charge in [-0.05, 0) is 60.7 Å². The molecule has 0 spiro atoms. The van der Waals surface area contributed by atoms with Gasteiger partial charge in [0.25, 0.3) is 5.91 Å². The van der Waals surface area contributed by atoms with Crippen LogP contribution in [0.1, 0.15) is 54.4 Å². The number of benzene rings is 2. The number of rotatable bonds is 6. The van der Waals surface area contributed by atoms with Gasteiger partial charge in [-0.2, -0.15) is 0 Å². The van der Waals surface area contributed by atoms with Crippen LogP contribution < -0.4 is 10.6 Å². The van der Waals surface area contributed by atoms with E-state index in [2.05, 4.69) is 10.6 Å². The Morgan fingerprint density at radius 3 is 2.48 bits per heavy atom. The largest absolute Gasteiger partial charge is 0.352 e. The number of hydrogen-bond acceptors (Lipinski definition) is 2. The summed E-state index contributed by atoms with van der Waals surface area (Å²) in [4.78, 5) is 24.4. The van der Waals surface area contributed by atoms with Gasteiger partial charge in [0, 0.05) is 24.2 Å². The highest BCUT2D eigenvalue weighted by Crippen LogP contribution is 2.26. The lowest BCUT2D eigenvalue weighted by atomic mass is 9.87. The summed E-state index contributed by atoms with van der Waals surface area (Å²) in [7, 11) is 0. The van der Waals surface area contributed by atoms with Crippen LogP contribution in [0, 0.1) is 11.7 Å². The van der Waals surface area contributed by atoms with Gasteiger partial charge in [-0.15, -0.1) is 0 Å². The van der Waals surface area contributed by atoms with Crippen molar-refractivity contribution in [1.29, 1.82) is 0 Å². The lowest BCUT2D eigenvalue weighted by molar-refractivity contribution is -0.122. The summed E-state index contributed by atoms with van der Waals surface area (Å²) in [6, 6.07) is 12.8. The zero-order valence-electron chi connectivity index (χ0n) is 15.3. The third kappa shape index (κ3) is 5.91. The number of carbonyl (C=O) groups is 2. The molecule has 2 amide bonds. The van der Waals surface area contributed by atoms with Crippen molar-refractivity contribution in [2.75, 3.05) is 5.32 Å². The Morgan fingerprint density at radius 2 is 1.74 bits per heavy atom. The van der Waals surface area contributed by atoms with E-state index in [9.17, 15) is 14.0 Å². The Kier molecular flexibility index (Phi) is 6.58. The fourth-order valence-electron chi connectivity index (χ4n) is 3.49. The molecule has 0 unspecified atom stereocenters. The monoisotopic (exact) mass is 368 g/mol. The van der Waals surface area contributed by atoms with Crippen LogP contribution in [-0.2, 0) is 11.3 Å². The molecule has 1 aliphatic carbocycles. The van der Waals surface area contributed by atoms with Crippen molar-refractivity contribution in [2.24, 2.45) is 5.92 Å². The lowest BCUT2D eigenvalue weighted by Crippen LogP contribution is -2.26. The van der Waals surface area contributed by atoms with Gasteiger partial charge in [-0.1, -0.05) is 31.4 Å². The van der Waals surface area contributed by atoms with Crippen LogP contribution in [0.2, 0.25) is 0 Å². The van der Waals surface area contributed by atoms with E-state index in [0.29, 0.717) is 30.1 Å². The molecule has 0 aromatic heterocycles. The Balaban J connectivity index is 1.51. The number of hydrogen-bond donors (Lipinski definition) is 2. The zero-order valence-corrected chi connectivity index (χ0v) is 15.3. The van der Waals surface area contributed by atoms with E-state index >= 15 is 0 Å². The van der Waals surface area contributed by atoms with Gasteiger partial charge in [0.1, 0.15) is 5.82 Å². The smallest absolute Gasteiger partial charge is 0.255 e. The second kappa shape index (κ2) is 9.31. The Labute approximate surface area is 159 Å². The molecule has 4 nitrogen and oxygen atoms in total. The molecular weight excluding hydrogens is 343 g/mol. The molecule has 0 bridgehead atoms. The molecule has 5 heteroatoms. The molecule has 2 aromatic rings. The summed E-state index contributed by atoms with van der Waals surface area (Å²) >= 11 is 0. The van der Waals surface area contributed by atoms with E-state index in [0.717, 1.165) is 18.4 Å². The van der Waals surface area contributed by atoms with Crippen LogP contribution in [-0.4, -0.2) is 11.8 Å². The minimum absolute atomic E-state index is 0.0858. The standard InChI is InChI=1S/C22H25FN2O2/c23-19-11-9-18(10-12-19)22(27)25-20-8-4-7-17(13-20)15-24-21(26)14-16-5-2-1-3-6-16/h4,7-13,16H,1-3,5-6,14-15H2,(H,24,26)(H,25,27). The molecule has 2 aromatic carbocycles. The molecule has 1 aliphatic rings. The average molecular weight is 368 g/mol. The molecular formula is C22H25FN2O2. The van der Waals surface area contributed by atoms with Crippen molar-refractivity contribution < 1.29 is 14.0 Å². The SMILES string of the molecule is O=C(CC1CCCCC1)NCc1cccc(NC(=O)c2ccc(F)cc2)c1. The molecule has 1 fully saturated rings. The van der Waals surface area contributed by atoms with E-state index in [1.807, 2.05) is 18.2 Å². The average Bonchev–Trinajstić information content (AvgIpc) is 2.68. The Bertz CT molecular complexity index is 783. The van der Waals surface area contributed by atoms with E-state index in [1.165, 1.54) is 43.5 Å². The number of amides is 2. The molecule has 3 rings (SSSR count). The first-order valence-corrected chi connectivity index (χ1v) is 9.53. The molecule has 0 aliphatic heterocycles. The van der Waals surface area contributed by atoms with Crippen LogP contribution in [0.15, 0.2) is 48.5 Å². The molecule has 1 saturated carbocycles. The highest BCUT2D eigenvalue weighted by Gasteiger charge is 2.16. The highest BCUT2D eigenvalue weighted by molar-refractivity contribution is 6.04. The normalized spacial score (nSPS) is 14.6. The number of nitrogens with one attached hydrogen (secondary N) is 2. The maximum absolute atomic E-state index is 13.0. The first-order chi connectivity index (χ1) is 13.1. The van der Waals surface area contributed by atoms with Crippen molar-refractivity contribution in [2.45, 2.75) is 45.1 Å². The van der Waals surface area contributed by atoms with Crippen molar-refractivity contribution in [1.82, 2.24) is 5.32 Å². The summed E-state index contributed by atoms with van der Waals surface area (Å²) in [5.74, 6) is -0.0752. The molecule has 0 atom stereocenters. The minimum Gasteiger partial charge on any atom is -0.352 e. The fraction of sp³-hybridized carbons (Fsp3) is 0.364. The van der Waals surface area contributed by atoms with Gasteiger partial charge in [-0.25, -0.2) is 4.39 Å². The highest BCUT2D eigenvalue weighted by atomic mass is 19.1. The summed E-state index contributed by atoms with van der Waals surface area (Å²) in [5, 5.41) is 5.77. The summed E-state index contributed by atoms with van der Waals surface area (Å²) in [6.45, 7) is 0.436. The quantitative estimate of drug-likeness (QED) is 0.779. The molecule has 0 saturated heterocycles. The van der Waals surface area contributed by atoms with E-state index in [1.54, 1.807) is 6.07 Å². The van der Waals surface area contributed by atoms with Gasteiger partial charge in [0.15, 0.2) is 0 Å². The van der Waals surface area contributed by atoms with Crippen molar-refractivity contribution >= 4 is 17.5 Å². The van der Waals surface area contributed by atoms with Crippen LogP contribution in [0.3, 0.4) is 0 Å². The van der Waals surface area contributed by atoms with Gasteiger partial charge >= 0.3 is 0 Å². The Hall–Kier alpha value is -2.69. The van der Waals surface area contributed by atoms with Crippen LogP contribution >= 0.6 is 0 Å². The summed E-state index contributed by atoms with van der Waals surface area (Å²) in [5.41, 5.74) is 1.95. The molecule has 2 N–H and O–H groups in total. The van der Waals surface area contributed by atoms with Crippen LogP contribution in [0.25, 0.3) is 0 Å². The van der Waals surface area contributed by atoms with E-state index < -0.39 is 0 Å². The first-order valence-electron chi connectivity index (χ1n) is 9.53. The van der Waals surface area contributed by atoms with Crippen molar-refractivity contribution in [3.05, 3.63) is 65.5 Å². The predicted molar refractivity (Wildman–Crippen MR) is 104 cm³/mol. The predicted octanol–water partition coefficient (Wildman–Crippen LogP) is 4.66. The van der Waals surface area contributed by atoms with Gasteiger partial charge in [-0.3, -0.25) is 9.59 Å². The number of anilines is 1. The maximum Gasteiger partial charge on any atom is 0.255 e. The van der Waals surface area contributed by atoms with Crippen LogP contribution in [0.5, 0.6) is 0 Å². The Morgan fingerprint density at radius 1 is 1.00 bits per heavy atom. The summed E-state index contributed by atoms with van der Waals surface area (Å²) < 4.78 is 13.0. The van der Waals surface area contributed by atoms with Gasteiger partial charge in [0.05, 0.1) is 0 Å². The zero-order chi connectivity index (χ0) is 19.1. The number of halogens is 1. The number of carbonyl (C=O) groups excluding carboxylic acids is 2. The van der Waals surface area contributed by atoms with Crippen LogP contribution in [0.4, 0.5) is 10.1 Å². The van der Waals surface area contributed by atoms with Gasteiger partial charge in [0.2, 0.25) is 5.91 Å². The van der Waals surface area contributed by atoms with E-state index in [-0.39, 0.29) is 17.6 Å². The minimum atomic E-state index is -0.377. The second-order valence-corrected chi connectivity index (χ2v) is 7.15. The topological polar surface area (TPSA) is 58.2 Å². The molecule has 0 heterocycles. The molecule has 27 heavy (non-hydrogen) atoms. The summed E-state index contributed by atoms with van der Waals surface area (Å²) in [6.07, 6.45) is 6.65. The third-order valence-corrected chi connectivity index (χ3v) is 4.98. The third-order valence-electron chi connectivity index (χ3n) is 4.98. The van der Waals surface area contributed by atoms with Crippen molar-refractivity contribution in [3.8, 4) is 0 Å². The molecule has 0 radical (unpaired) electrons. The van der Waals surface area contributed by atoms with E-state index in [4.69, 9.17) is 0 Å². The molecule has 142 valence electrons. The van der Waals surface area contributed by atoms with Gasteiger partial charge < -0.3 is 10.6 Å².